The molecule has 4 nitrogen and oxygen atoms in total. The van der Waals surface area contributed by atoms with E-state index in [-0.39, 0.29) is 11.7 Å². The third-order valence-corrected chi connectivity index (χ3v) is 3.64. The van der Waals surface area contributed by atoms with Crippen molar-refractivity contribution in [3.8, 4) is 0 Å². The Balaban J connectivity index is 1.75. The fraction of sp³-hybridized carbons (Fsp3) is 0.900. The smallest absolute Gasteiger partial charge is 0.220 e. The standard InChI is InChI=1S/C10H15NO3/c12-9-3-7-4-10(13-1-2-14-10)5-8(7)6-11-9/h7-8H,1-6H2,(H,11,12)/t7?,8-/m0/s1. The Hall–Kier alpha value is -0.610. The van der Waals surface area contributed by atoms with E-state index in [4.69, 9.17) is 9.47 Å². The van der Waals surface area contributed by atoms with Crippen molar-refractivity contribution in [2.75, 3.05) is 19.8 Å². The summed E-state index contributed by atoms with van der Waals surface area (Å²) in [4.78, 5) is 11.2. The molecule has 2 saturated heterocycles. The second-order valence-corrected chi connectivity index (χ2v) is 4.54. The van der Waals surface area contributed by atoms with Gasteiger partial charge >= 0.3 is 0 Å². The molecule has 78 valence electrons. The van der Waals surface area contributed by atoms with E-state index >= 15 is 0 Å². The van der Waals surface area contributed by atoms with Crippen molar-refractivity contribution >= 4 is 5.91 Å². The van der Waals surface area contributed by atoms with Gasteiger partial charge in [-0.15, -0.1) is 0 Å². The van der Waals surface area contributed by atoms with Crippen LogP contribution in [0.5, 0.6) is 0 Å². The van der Waals surface area contributed by atoms with E-state index in [0.29, 0.717) is 31.5 Å². The van der Waals surface area contributed by atoms with E-state index in [0.717, 1.165) is 19.4 Å². The van der Waals surface area contributed by atoms with E-state index in [2.05, 4.69) is 5.32 Å². The van der Waals surface area contributed by atoms with Gasteiger partial charge in [-0.1, -0.05) is 0 Å². The highest BCUT2D eigenvalue weighted by atomic mass is 16.7. The Morgan fingerprint density at radius 3 is 2.71 bits per heavy atom. The molecule has 1 spiro atoms. The minimum absolute atomic E-state index is 0.182. The maximum Gasteiger partial charge on any atom is 0.220 e. The molecule has 14 heavy (non-hydrogen) atoms. The summed E-state index contributed by atoms with van der Waals surface area (Å²) in [5, 5.41) is 2.91. The average Bonchev–Trinajstić information content (AvgIpc) is 2.72. The fourth-order valence-electron chi connectivity index (χ4n) is 2.98. The van der Waals surface area contributed by atoms with Gasteiger partial charge in [0.25, 0.3) is 0 Å². The molecule has 0 aromatic rings. The van der Waals surface area contributed by atoms with Crippen molar-refractivity contribution in [1.82, 2.24) is 5.32 Å². The highest BCUT2D eigenvalue weighted by Crippen LogP contribution is 2.46. The van der Waals surface area contributed by atoms with Crippen molar-refractivity contribution in [3.63, 3.8) is 0 Å². The minimum Gasteiger partial charge on any atom is -0.356 e. The fourth-order valence-corrected chi connectivity index (χ4v) is 2.98. The molecular formula is C10H15NO3. The first-order valence-electron chi connectivity index (χ1n) is 5.32. The molecule has 3 rings (SSSR count). The molecule has 0 bridgehead atoms. The van der Waals surface area contributed by atoms with Crippen LogP contribution in [0, 0.1) is 11.8 Å². The number of piperidine rings is 1. The third kappa shape index (κ3) is 1.25. The molecule has 1 aliphatic carbocycles. The molecule has 3 fully saturated rings. The molecule has 2 aliphatic heterocycles. The SMILES string of the molecule is O=C1CC2CC3(C[C@H]2CN1)OCCO3. The molecule has 1 N–H and O–H groups in total. The number of hydrogen-bond donors (Lipinski definition) is 1. The van der Waals surface area contributed by atoms with Crippen LogP contribution in [0.3, 0.4) is 0 Å². The van der Waals surface area contributed by atoms with E-state index in [9.17, 15) is 4.79 Å². The summed E-state index contributed by atoms with van der Waals surface area (Å²) >= 11 is 0. The number of carbonyl (C=O) groups excluding carboxylic acids is 1. The van der Waals surface area contributed by atoms with E-state index in [1.807, 2.05) is 0 Å². The summed E-state index contributed by atoms with van der Waals surface area (Å²) < 4.78 is 11.3. The lowest BCUT2D eigenvalue weighted by Crippen LogP contribution is -2.38. The molecule has 1 unspecified atom stereocenters. The van der Waals surface area contributed by atoms with Gasteiger partial charge in [0.15, 0.2) is 5.79 Å². The predicted molar refractivity (Wildman–Crippen MR) is 48.5 cm³/mol. The lowest BCUT2D eigenvalue weighted by atomic mass is 9.89. The van der Waals surface area contributed by atoms with E-state index in [1.165, 1.54) is 0 Å². The molecule has 2 heterocycles. The molecule has 4 heteroatoms. The minimum atomic E-state index is -0.332. The molecular weight excluding hydrogens is 182 g/mol. The maximum atomic E-state index is 11.2. The van der Waals surface area contributed by atoms with Gasteiger partial charge in [0.2, 0.25) is 5.91 Å². The summed E-state index contributed by atoms with van der Waals surface area (Å²) in [5.74, 6) is 0.885. The Labute approximate surface area is 82.9 Å². The first kappa shape index (κ1) is 8.68. The van der Waals surface area contributed by atoms with Crippen LogP contribution in [0.1, 0.15) is 19.3 Å². The van der Waals surface area contributed by atoms with Gasteiger partial charge in [0.05, 0.1) is 13.2 Å². The highest BCUT2D eigenvalue weighted by molar-refractivity contribution is 5.77. The Kier molecular flexibility index (Phi) is 1.82. The monoisotopic (exact) mass is 197 g/mol. The molecule has 0 radical (unpaired) electrons. The van der Waals surface area contributed by atoms with Gasteiger partial charge in [-0.05, 0) is 11.8 Å². The normalized spacial score (nSPS) is 39.9. The van der Waals surface area contributed by atoms with Crippen LogP contribution in [-0.2, 0) is 14.3 Å². The largest absolute Gasteiger partial charge is 0.356 e. The first-order valence-corrected chi connectivity index (χ1v) is 5.32. The molecule has 2 atom stereocenters. The van der Waals surface area contributed by atoms with Crippen LogP contribution >= 0.6 is 0 Å². The topological polar surface area (TPSA) is 47.6 Å². The van der Waals surface area contributed by atoms with Crippen LogP contribution in [0.2, 0.25) is 0 Å². The van der Waals surface area contributed by atoms with E-state index in [1.54, 1.807) is 0 Å². The third-order valence-electron chi connectivity index (χ3n) is 3.64. The molecule has 0 aromatic carbocycles. The van der Waals surface area contributed by atoms with Gasteiger partial charge in [-0.3, -0.25) is 4.79 Å². The Morgan fingerprint density at radius 2 is 1.93 bits per heavy atom. The zero-order valence-electron chi connectivity index (χ0n) is 8.12. The number of carbonyl (C=O) groups is 1. The van der Waals surface area contributed by atoms with Crippen molar-refractivity contribution in [3.05, 3.63) is 0 Å². The van der Waals surface area contributed by atoms with Crippen LogP contribution < -0.4 is 5.32 Å². The van der Waals surface area contributed by atoms with Gasteiger partial charge < -0.3 is 14.8 Å². The molecule has 1 amide bonds. The molecule has 3 aliphatic rings. The lowest BCUT2D eigenvalue weighted by Gasteiger charge is -2.24. The quantitative estimate of drug-likeness (QED) is 0.606. The average molecular weight is 197 g/mol. The summed E-state index contributed by atoms with van der Waals surface area (Å²) in [6, 6.07) is 0. The van der Waals surface area contributed by atoms with Crippen LogP contribution in [0.4, 0.5) is 0 Å². The maximum absolute atomic E-state index is 11.2. The number of rotatable bonds is 0. The van der Waals surface area contributed by atoms with Crippen molar-refractivity contribution in [2.24, 2.45) is 11.8 Å². The van der Waals surface area contributed by atoms with Gasteiger partial charge in [-0.2, -0.15) is 0 Å². The van der Waals surface area contributed by atoms with E-state index < -0.39 is 0 Å². The van der Waals surface area contributed by atoms with Gasteiger partial charge in [0.1, 0.15) is 0 Å². The number of amides is 1. The van der Waals surface area contributed by atoms with Crippen LogP contribution in [-0.4, -0.2) is 31.5 Å². The van der Waals surface area contributed by atoms with Gasteiger partial charge in [-0.25, -0.2) is 0 Å². The lowest BCUT2D eigenvalue weighted by molar-refractivity contribution is -0.154. The molecule has 1 saturated carbocycles. The van der Waals surface area contributed by atoms with Crippen LogP contribution in [0.25, 0.3) is 0 Å². The summed E-state index contributed by atoms with van der Waals surface area (Å²) in [6.07, 6.45) is 2.52. The van der Waals surface area contributed by atoms with Crippen molar-refractivity contribution < 1.29 is 14.3 Å². The number of nitrogens with one attached hydrogen (secondary N) is 1. The van der Waals surface area contributed by atoms with Crippen LogP contribution in [0.15, 0.2) is 0 Å². The van der Waals surface area contributed by atoms with Crippen molar-refractivity contribution in [1.29, 1.82) is 0 Å². The number of ether oxygens (including phenoxy) is 2. The zero-order valence-corrected chi connectivity index (χ0v) is 8.12. The summed E-state index contributed by atoms with van der Waals surface area (Å²) in [7, 11) is 0. The van der Waals surface area contributed by atoms with Crippen molar-refractivity contribution in [2.45, 2.75) is 25.0 Å². The zero-order chi connectivity index (χ0) is 9.60. The number of hydrogen-bond acceptors (Lipinski definition) is 3. The Bertz CT molecular complexity index is 260. The van der Waals surface area contributed by atoms with Gasteiger partial charge in [0, 0.05) is 25.8 Å². The Morgan fingerprint density at radius 1 is 1.21 bits per heavy atom. The second kappa shape index (κ2) is 2.94. The first-order chi connectivity index (χ1) is 6.77. The predicted octanol–water partition coefficient (Wildman–Crippen LogP) is 0.276. The highest BCUT2D eigenvalue weighted by Gasteiger charge is 2.50. The summed E-state index contributed by atoms with van der Waals surface area (Å²) in [5.41, 5.74) is 0. The second-order valence-electron chi connectivity index (χ2n) is 4.54. The molecule has 0 aromatic heterocycles. The summed E-state index contributed by atoms with van der Waals surface area (Å²) in [6.45, 7) is 2.22. The number of fused-ring (bicyclic) bond motifs is 1.